The minimum Gasteiger partial charge on any atom is -0.456 e. The number of hydrogen-bond acceptors (Lipinski definition) is 5. The van der Waals surface area contributed by atoms with Gasteiger partial charge in [-0.05, 0) is 52.1 Å². The summed E-state index contributed by atoms with van der Waals surface area (Å²) < 4.78 is 13.2. The molecule has 0 aliphatic heterocycles. The third kappa shape index (κ3) is 4.33. The van der Waals surface area contributed by atoms with Crippen molar-refractivity contribution < 1.29 is 8.83 Å². The van der Waals surface area contributed by atoms with Gasteiger partial charge in [0.2, 0.25) is 0 Å². The molecular formula is C47H27N3O2. The monoisotopic (exact) mass is 665 g/mol. The molecule has 0 aliphatic rings. The van der Waals surface area contributed by atoms with E-state index in [1.807, 2.05) is 66.7 Å². The van der Waals surface area contributed by atoms with Crippen molar-refractivity contribution in [1.29, 1.82) is 0 Å². The number of nitrogens with zero attached hydrogens (tertiary/aromatic N) is 3. The molecule has 3 aromatic heterocycles. The summed E-state index contributed by atoms with van der Waals surface area (Å²) in [5.41, 5.74) is 8.00. The smallest absolute Gasteiger partial charge is 0.164 e. The Hall–Kier alpha value is -7.11. The summed E-state index contributed by atoms with van der Waals surface area (Å²) in [4.78, 5) is 15.7. The van der Waals surface area contributed by atoms with Gasteiger partial charge in [0.05, 0.1) is 0 Å². The lowest BCUT2D eigenvalue weighted by Gasteiger charge is -2.13. The fraction of sp³-hybridized carbons (Fsp3) is 0. The third-order valence-electron chi connectivity index (χ3n) is 10.1. The van der Waals surface area contributed by atoms with E-state index in [1.54, 1.807) is 0 Å². The first-order valence-electron chi connectivity index (χ1n) is 17.4. The largest absolute Gasteiger partial charge is 0.456 e. The van der Waals surface area contributed by atoms with E-state index in [2.05, 4.69) is 97.1 Å². The normalized spacial score (nSPS) is 11.8. The second-order valence-electron chi connectivity index (χ2n) is 13.1. The Kier molecular flexibility index (Phi) is 6.18. The van der Waals surface area contributed by atoms with Gasteiger partial charge in [-0.2, -0.15) is 0 Å². The lowest BCUT2D eigenvalue weighted by atomic mass is 9.94. The zero-order valence-corrected chi connectivity index (χ0v) is 27.7. The van der Waals surface area contributed by atoms with Crippen molar-refractivity contribution in [2.24, 2.45) is 0 Å². The molecule has 5 nitrogen and oxygen atoms in total. The number of benzene rings is 8. The molecule has 11 aromatic rings. The second kappa shape index (κ2) is 11.2. The number of hydrogen-bond donors (Lipinski definition) is 0. The Morgan fingerprint density at radius 3 is 1.67 bits per heavy atom. The van der Waals surface area contributed by atoms with Gasteiger partial charge in [-0.15, -0.1) is 0 Å². The van der Waals surface area contributed by atoms with Gasteiger partial charge in [0.25, 0.3) is 0 Å². The lowest BCUT2D eigenvalue weighted by Crippen LogP contribution is -2.01. The van der Waals surface area contributed by atoms with Crippen LogP contribution in [0.15, 0.2) is 173 Å². The van der Waals surface area contributed by atoms with Crippen molar-refractivity contribution in [3.8, 4) is 45.3 Å². The molecule has 0 saturated heterocycles. The van der Waals surface area contributed by atoms with Crippen LogP contribution in [0.4, 0.5) is 0 Å². The summed E-state index contributed by atoms with van der Waals surface area (Å²) in [5, 5.41) is 8.63. The zero-order chi connectivity index (χ0) is 34.2. The number of fused-ring (bicyclic) bond motifs is 10. The van der Waals surface area contributed by atoms with Crippen molar-refractivity contribution >= 4 is 65.4 Å². The van der Waals surface area contributed by atoms with E-state index in [-0.39, 0.29) is 0 Å². The van der Waals surface area contributed by atoms with Crippen LogP contribution >= 0.6 is 0 Å². The van der Waals surface area contributed by atoms with E-state index in [0.29, 0.717) is 17.5 Å². The van der Waals surface area contributed by atoms with Gasteiger partial charge >= 0.3 is 0 Å². The number of para-hydroxylation sites is 2. The van der Waals surface area contributed by atoms with Gasteiger partial charge < -0.3 is 8.83 Å². The molecule has 0 fully saturated rings. The van der Waals surface area contributed by atoms with Gasteiger partial charge in [-0.3, -0.25) is 0 Å². The third-order valence-corrected chi connectivity index (χ3v) is 10.1. The first-order valence-corrected chi connectivity index (χ1v) is 17.4. The van der Waals surface area contributed by atoms with Gasteiger partial charge in [0.15, 0.2) is 17.5 Å². The van der Waals surface area contributed by atoms with Crippen LogP contribution in [-0.4, -0.2) is 15.0 Å². The molecule has 0 radical (unpaired) electrons. The molecule has 0 unspecified atom stereocenters. The van der Waals surface area contributed by atoms with Crippen molar-refractivity contribution in [3.63, 3.8) is 0 Å². The molecule has 11 rings (SSSR count). The molecule has 0 N–H and O–H groups in total. The highest BCUT2D eigenvalue weighted by Crippen LogP contribution is 2.44. The quantitative estimate of drug-likeness (QED) is 0.175. The summed E-state index contributed by atoms with van der Waals surface area (Å²) in [7, 11) is 0. The highest BCUT2D eigenvalue weighted by molar-refractivity contribution is 6.29. The van der Waals surface area contributed by atoms with E-state index in [1.165, 1.54) is 0 Å². The average molecular weight is 666 g/mol. The number of rotatable bonds is 4. The van der Waals surface area contributed by atoms with E-state index in [9.17, 15) is 0 Å². The van der Waals surface area contributed by atoms with Crippen LogP contribution in [0, 0.1) is 0 Å². The first kappa shape index (κ1) is 28.7. The van der Waals surface area contributed by atoms with E-state index < -0.39 is 0 Å². The van der Waals surface area contributed by atoms with Gasteiger partial charge in [0.1, 0.15) is 22.3 Å². The average Bonchev–Trinajstić information content (AvgIpc) is 3.79. The van der Waals surface area contributed by atoms with Crippen LogP contribution in [0.5, 0.6) is 0 Å². The Morgan fingerprint density at radius 2 is 0.904 bits per heavy atom. The zero-order valence-electron chi connectivity index (χ0n) is 27.7. The van der Waals surface area contributed by atoms with Crippen LogP contribution < -0.4 is 0 Å². The molecule has 8 aromatic carbocycles. The summed E-state index contributed by atoms with van der Waals surface area (Å²) in [6.45, 7) is 0. The van der Waals surface area contributed by atoms with Gasteiger partial charge in [0, 0.05) is 49.2 Å². The molecular weight excluding hydrogens is 639 g/mol. The summed E-state index contributed by atoms with van der Waals surface area (Å²) >= 11 is 0. The lowest BCUT2D eigenvalue weighted by molar-refractivity contribution is 0.669. The number of aromatic nitrogens is 3. The van der Waals surface area contributed by atoms with Crippen LogP contribution in [-0.2, 0) is 0 Å². The molecule has 0 atom stereocenters. The Bertz CT molecular complexity index is 3180. The van der Waals surface area contributed by atoms with E-state index in [0.717, 1.165) is 93.2 Å². The fourth-order valence-corrected chi connectivity index (χ4v) is 7.78. The molecule has 5 heteroatoms. The minimum absolute atomic E-state index is 0.568. The van der Waals surface area contributed by atoms with Crippen molar-refractivity contribution in [1.82, 2.24) is 15.0 Å². The van der Waals surface area contributed by atoms with Crippen LogP contribution in [0.1, 0.15) is 0 Å². The highest BCUT2D eigenvalue weighted by atomic mass is 16.3. The predicted octanol–water partition coefficient (Wildman–Crippen LogP) is 12.6. The summed E-state index contributed by atoms with van der Waals surface area (Å²) in [6.07, 6.45) is 0. The Balaban J connectivity index is 1.25. The topological polar surface area (TPSA) is 65.0 Å². The summed E-state index contributed by atoms with van der Waals surface area (Å²) in [5.74, 6) is 1.73. The molecule has 0 bridgehead atoms. The van der Waals surface area contributed by atoms with E-state index >= 15 is 0 Å². The van der Waals surface area contributed by atoms with Gasteiger partial charge in [-0.1, -0.05) is 133 Å². The van der Waals surface area contributed by atoms with Crippen LogP contribution in [0.3, 0.4) is 0 Å². The molecule has 0 spiro atoms. The maximum absolute atomic E-state index is 6.62. The van der Waals surface area contributed by atoms with Crippen LogP contribution in [0.25, 0.3) is 111 Å². The van der Waals surface area contributed by atoms with Crippen molar-refractivity contribution in [2.45, 2.75) is 0 Å². The molecule has 52 heavy (non-hydrogen) atoms. The predicted molar refractivity (Wildman–Crippen MR) is 211 cm³/mol. The van der Waals surface area contributed by atoms with Crippen molar-refractivity contribution in [2.75, 3.05) is 0 Å². The minimum atomic E-state index is 0.568. The number of furan rings is 2. The van der Waals surface area contributed by atoms with E-state index in [4.69, 9.17) is 23.8 Å². The second-order valence-corrected chi connectivity index (χ2v) is 13.1. The maximum atomic E-state index is 6.62. The fourth-order valence-electron chi connectivity index (χ4n) is 7.78. The molecule has 0 saturated carbocycles. The molecule has 0 aliphatic carbocycles. The standard InChI is InChI=1S/C47H27N3O2/c1-3-13-28(14-4-1)32-25-26-36(42-34-19-9-12-22-39(34)52-44(32)42)46-48-45(30-16-5-2-6-17-30)49-47(50-46)37-27-40-43(35-20-10-11-21-38(35)51-40)41-31-18-8-7-15-29(31)23-24-33(37)41/h1-27H. The first-order chi connectivity index (χ1) is 25.8. The Morgan fingerprint density at radius 1 is 0.327 bits per heavy atom. The van der Waals surface area contributed by atoms with Gasteiger partial charge in [-0.25, -0.2) is 15.0 Å². The molecule has 242 valence electrons. The van der Waals surface area contributed by atoms with Crippen molar-refractivity contribution in [3.05, 3.63) is 164 Å². The Labute approximate surface area is 297 Å². The SMILES string of the molecule is c1ccc(-c2nc(-c3cc4oc5ccccc5c4c4c3ccc3ccccc34)nc(-c3ccc(-c4ccccc4)c4oc5ccccc5c34)n2)cc1. The molecule has 0 amide bonds. The highest BCUT2D eigenvalue weighted by Gasteiger charge is 2.23. The maximum Gasteiger partial charge on any atom is 0.164 e. The summed E-state index contributed by atoms with van der Waals surface area (Å²) in [6, 6.07) is 56.1. The molecule has 3 heterocycles. The van der Waals surface area contributed by atoms with Crippen LogP contribution in [0.2, 0.25) is 0 Å².